The highest BCUT2D eigenvalue weighted by atomic mass is 79.9. The van der Waals surface area contributed by atoms with Crippen LogP contribution in [0.5, 0.6) is 5.75 Å². The fourth-order valence-electron chi connectivity index (χ4n) is 2.67. The molecule has 0 atom stereocenters. The van der Waals surface area contributed by atoms with Gasteiger partial charge in [-0.05, 0) is 78.1 Å². The van der Waals surface area contributed by atoms with E-state index in [0.29, 0.717) is 0 Å². The molecule has 0 amide bonds. The van der Waals surface area contributed by atoms with Gasteiger partial charge in [-0.2, -0.15) is 0 Å². The van der Waals surface area contributed by atoms with Crippen LogP contribution in [0.1, 0.15) is 43.2 Å². The van der Waals surface area contributed by atoms with Crippen molar-refractivity contribution in [3.05, 3.63) is 27.7 Å². The molecule has 0 aliphatic heterocycles. The lowest BCUT2D eigenvalue weighted by Gasteiger charge is -2.26. The Labute approximate surface area is 123 Å². The molecule has 0 aromatic heterocycles. The zero-order chi connectivity index (χ0) is 13.5. The Hall–Kier alpha value is -0.540. The minimum absolute atomic E-state index is 0.0296. The third-order valence-corrected chi connectivity index (χ3v) is 4.98. The van der Waals surface area contributed by atoms with E-state index in [1.54, 1.807) is 0 Å². The van der Waals surface area contributed by atoms with Gasteiger partial charge in [0.2, 0.25) is 0 Å². The molecule has 2 nitrogen and oxygen atoms in total. The molecule has 1 aromatic carbocycles. The first-order chi connectivity index (χ1) is 9.06. The average Bonchev–Trinajstić information content (AvgIpc) is 2.97. The molecule has 2 aliphatic carbocycles. The van der Waals surface area contributed by atoms with Crippen LogP contribution in [-0.2, 0) is 6.42 Å². The van der Waals surface area contributed by atoms with Crippen molar-refractivity contribution in [2.45, 2.75) is 51.0 Å². The molecule has 1 aromatic rings. The number of halogens is 1. The molecule has 0 spiro atoms. The number of hydrogen-bond donors (Lipinski definition) is 1. The monoisotopic (exact) mass is 323 g/mol. The summed E-state index contributed by atoms with van der Waals surface area (Å²) in [7, 11) is 0. The molecule has 2 aliphatic rings. The lowest BCUT2D eigenvalue weighted by Crippen LogP contribution is -2.25. The molecule has 0 unspecified atom stereocenters. The van der Waals surface area contributed by atoms with Gasteiger partial charge in [0.05, 0.1) is 11.1 Å². The van der Waals surface area contributed by atoms with Gasteiger partial charge in [-0.15, -0.1) is 0 Å². The summed E-state index contributed by atoms with van der Waals surface area (Å²) in [5.74, 6) is 1.78. The van der Waals surface area contributed by atoms with Crippen molar-refractivity contribution >= 4 is 15.9 Å². The molecule has 0 heterocycles. The Morgan fingerprint density at radius 1 is 1.37 bits per heavy atom. The van der Waals surface area contributed by atoms with Gasteiger partial charge in [-0.25, -0.2) is 0 Å². The van der Waals surface area contributed by atoms with Gasteiger partial charge in [0, 0.05) is 5.54 Å². The molecule has 19 heavy (non-hydrogen) atoms. The molecule has 3 rings (SSSR count). The molecule has 0 bridgehead atoms. The van der Waals surface area contributed by atoms with E-state index in [1.807, 2.05) is 0 Å². The number of aryl methyl sites for hydroxylation is 1. The summed E-state index contributed by atoms with van der Waals surface area (Å²) in [6.45, 7) is 2.98. The van der Waals surface area contributed by atoms with Crippen molar-refractivity contribution in [3.8, 4) is 5.75 Å². The van der Waals surface area contributed by atoms with Crippen LogP contribution in [0.4, 0.5) is 0 Å². The Kier molecular flexibility index (Phi) is 3.61. The molecule has 0 saturated heterocycles. The van der Waals surface area contributed by atoms with Gasteiger partial charge in [0.15, 0.2) is 0 Å². The molecule has 2 saturated carbocycles. The van der Waals surface area contributed by atoms with Crippen LogP contribution >= 0.6 is 15.9 Å². The van der Waals surface area contributed by atoms with Crippen LogP contribution in [0, 0.1) is 12.8 Å². The van der Waals surface area contributed by atoms with Crippen molar-refractivity contribution in [2.24, 2.45) is 11.7 Å². The number of nitrogens with two attached hydrogens (primary N) is 1. The van der Waals surface area contributed by atoms with E-state index in [0.717, 1.165) is 42.0 Å². The second-order valence-corrected chi connectivity index (χ2v) is 7.24. The molecule has 104 valence electrons. The van der Waals surface area contributed by atoms with E-state index in [-0.39, 0.29) is 5.54 Å². The van der Waals surface area contributed by atoms with E-state index >= 15 is 0 Å². The molecule has 0 radical (unpaired) electrons. The summed E-state index contributed by atoms with van der Waals surface area (Å²) >= 11 is 3.65. The number of benzene rings is 1. The quantitative estimate of drug-likeness (QED) is 0.889. The highest BCUT2D eigenvalue weighted by Crippen LogP contribution is 2.41. The van der Waals surface area contributed by atoms with Gasteiger partial charge in [0.25, 0.3) is 0 Å². The second kappa shape index (κ2) is 5.10. The normalized spacial score (nSPS) is 21.0. The topological polar surface area (TPSA) is 35.2 Å². The predicted molar refractivity (Wildman–Crippen MR) is 81.6 cm³/mol. The van der Waals surface area contributed by atoms with Crippen LogP contribution in [0.2, 0.25) is 0 Å². The summed E-state index contributed by atoms with van der Waals surface area (Å²) < 4.78 is 7.17. The second-order valence-electron chi connectivity index (χ2n) is 6.38. The average molecular weight is 324 g/mol. The van der Waals surface area contributed by atoms with Crippen molar-refractivity contribution in [2.75, 3.05) is 6.61 Å². The van der Waals surface area contributed by atoms with Gasteiger partial charge in [-0.3, -0.25) is 0 Å². The van der Waals surface area contributed by atoms with E-state index < -0.39 is 0 Å². The predicted octanol–water partition coefficient (Wildman–Crippen LogP) is 3.97. The van der Waals surface area contributed by atoms with Gasteiger partial charge in [0.1, 0.15) is 5.75 Å². The molecule has 2 fully saturated rings. The first kappa shape index (κ1) is 13.4. The maximum atomic E-state index is 6.27. The van der Waals surface area contributed by atoms with Crippen LogP contribution in [0.15, 0.2) is 16.6 Å². The highest BCUT2D eigenvalue weighted by Gasteiger charge is 2.39. The minimum Gasteiger partial charge on any atom is -0.492 e. The molecular formula is C16H22BrNO. The Morgan fingerprint density at radius 2 is 2.11 bits per heavy atom. The van der Waals surface area contributed by atoms with Crippen LogP contribution < -0.4 is 10.5 Å². The third kappa shape index (κ3) is 3.14. The zero-order valence-corrected chi connectivity index (χ0v) is 13.1. The van der Waals surface area contributed by atoms with E-state index in [1.165, 1.54) is 30.4 Å². The van der Waals surface area contributed by atoms with Gasteiger partial charge < -0.3 is 10.5 Å². The van der Waals surface area contributed by atoms with Crippen LogP contribution in [-0.4, -0.2) is 12.1 Å². The fraction of sp³-hybridized carbons (Fsp3) is 0.625. The maximum absolute atomic E-state index is 6.27. The van der Waals surface area contributed by atoms with E-state index in [2.05, 4.69) is 35.0 Å². The lowest BCUT2D eigenvalue weighted by atomic mass is 9.86. The SMILES string of the molecule is Cc1cc(Br)c(OCC2CCC2)c(CC2(N)CC2)c1. The summed E-state index contributed by atoms with van der Waals surface area (Å²) in [6, 6.07) is 4.36. The molecular weight excluding hydrogens is 302 g/mol. The number of ether oxygens (including phenoxy) is 1. The molecule has 3 heteroatoms. The maximum Gasteiger partial charge on any atom is 0.136 e. The largest absolute Gasteiger partial charge is 0.492 e. The summed E-state index contributed by atoms with van der Waals surface area (Å²) in [6.07, 6.45) is 7.22. The molecule has 2 N–H and O–H groups in total. The smallest absolute Gasteiger partial charge is 0.136 e. The summed E-state index contributed by atoms with van der Waals surface area (Å²) in [4.78, 5) is 0. The van der Waals surface area contributed by atoms with Crippen molar-refractivity contribution < 1.29 is 4.74 Å². The Bertz CT molecular complexity index is 478. The minimum atomic E-state index is 0.0296. The third-order valence-electron chi connectivity index (χ3n) is 4.39. The van der Waals surface area contributed by atoms with Gasteiger partial charge in [-0.1, -0.05) is 12.5 Å². The Balaban J connectivity index is 1.78. The van der Waals surface area contributed by atoms with Crippen molar-refractivity contribution in [1.29, 1.82) is 0 Å². The van der Waals surface area contributed by atoms with Crippen LogP contribution in [0.3, 0.4) is 0 Å². The zero-order valence-electron chi connectivity index (χ0n) is 11.5. The summed E-state index contributed by atoms with van der Waals surface area (Å²) in [5.41, 5.74) is 8.84. The highest BCUT2D eigenvalue weighted by molar-refractivity contribution is 9.10. The first-order valence-electron chi connectivity index (χ1n) is 7.26. The van der Waals surface area contributed by atoms with E-state index in [9.17, 15) is 0 Å². The summed E-state index contributed by atoms with van der Waals surface area (Å²) in [5, 5.41) is 0. The van der Waals surface area contributed by atoms with Crippen molar-refractivity contribution in [3.63, 3.8) is 0 Å². The van der Waals surface area contributed by atoms with E-state index in [4.69, 9.17) is 10.5 Å². The van der Waals surface area contributed by atoms with Gasteiger partial charge >= 0.3 is 0 Å². The lowest BCUT2D eigenvalue weighted by molar-refractivity contribution is 0.178. The fourth-order valence-corrected chi connectivity index (χ4v) is 3.40. The Morgan fingerprint density at radius 3 is 2.68 bits per heavy atom. The number of rotatable bonds is 5. The number of hydrogen-bond acceptors (Lipinski definition) is 2. The standard InChI is InChI=1S/C16H22BrNO/c1-11-7-13(9-16(18)5-6-16)15(14(17)8-11)19-10-12-3-2-4-12/h7-8,12H,2-6,9-10,18H2,1H3. The van der Waals surface area contributed by atoms with Crippen molar-refractivity contribution in [1.82, 2.24) is 0 Å². The first-order valence-corrected chi connectivity index (χ1v) is 8.06. The van der Waals surface area contributed by atoms with Crippen LogP contribution in [0.25, 0.3) is 0 Å².